The highest BCUT2D eigenvalue weighted by Gasteiger charge is 2.19. The van der Waals surface area contributed by atoms with Gasteiger partial charge in [-0.2, -0.15) is 0 Å². The van der Waals surface area contributed by atoms with Crippen molar-refractivity contribution in [2.75, 3.05) is 39.6 Å². The van der Waals surface area contributed by atoms with Crippen molar-refractivity contribution >= 4 is 0 Å². The molecule has 0 amide bonds. The zero-order chi connectivity index (χ0) is 15.1. The third-order valence-electron chi connectivity index (χ3n) is 2.98. The highest BCUT2D eigenvalue weighted by Crippen LogP contribution is 2.07. The lowest BCUT2D eigenvalue weighted by Crippen LogP contribution is -2.34. The lowest BCUT2D eigenvalue weighted by atomic mass is 10.1. The van der Waals surface area contributed by atoms with Gasteiger partial charge in [0.25, 0.3) is 0 Å². The summed E-state index contributed by atoms with van der Waals surface area (Å²) in [5, 5.41) is 19.0. The van der Waals surface area contributed by atoms with Gasteiger partial charge in [0.1, 0.15) is 6.10 Å². The molecule has 0 aromatic carbocycles. The van der Waals surface area contributed by atoms with Gasteiger partial charge in [0, 0.05) is 19.8 Å². The smallest absolute Gasteiger partial charge is 0.103 e. The molecule has 0 aromatic rings. The van der Waals surface area contributed by atoms with Gasteiger partial charge in [-0.1, -0.05) is 26.7 Å². The van der Waals surface area contributed by atoms with Crippen molar-refractivity contribution in [1.29, 1.82) is 0 Å². The monoisotopic (exact) mass is 292 g/mol. The maximum Gasteiger partial charge on any atom is 0.103 e. The summed E-state index contributed by atoms with van der Waals surface area (Å²) < 4.78 is 16.3. The van der Waals surface area contributed by atoms with Crippen molar-refractivity contribution in [3.63, 3.8) is 0 Å². The van der Waals surface area contributed by atoms with E-state index in [0.717, 1.165) is 32.3 Å². The Labute approximate surface area is 123 Å². The summed E-state index contributed by atoms with van der Waals surface area (Å²) in [5.74, 6) is 0. The van der Waals surface area contributed by atoms with Gasteiger partial charge in [0.05, 0.1) is 25.9 Å². The fourth-order valence-electron chi connectivity index (χ4n) is 1.67. The second kappa shape index (κ2) is 15.2. The van der Waals surface area contributed by atoms with Crippen LogP contribution in [-0.2, 0) is 14.2 Å². The fraction of sp³-hybridized carbons (Fsp3) is 1.00. The molecule has 0 spiro atoms. The van der Waals surface area contributed by atoms with Crippen molar-refractivity contribution in [3.05, 3.63) is 0 Å². The van der Waals surface area contributed by atoms with E-state index in [1.54, 1.807) is 0 Å². The fourth-order valence-corrected chi connectivity index (χ4v) is 1.67. The number of unbranched alkanes of at least 4 members (excludes halogenated alkanes) is 2. The molecule has 0 aliphatic rings. The minimum Gasteiger partial charge on any atom is -0.396 e. The van der Waals surface area contributed by atoms with Crippen LogP contribution in [0.1, 0.15) is 46.0 Å². The molecule has 0 rings (SSSR count). The predicted octanol–water partition coefficient (Wildman–Crippen LogP) is 1.75. The first kappa shape index (κ1) is 19.8. The maximum absolute atomic E-state index is 9.98. The highest BCUT2D eigenvalue weighted by atomic mass is 16.5. The number of aliphatic hydroxyl groups is 2. The predicted molar refractivity (Wildman–Crippen MR) is 78.9 cm³/mol. The first-order valence-corrected chi connectivity index (χ1v) is 7.82. The third-order valence-corrected chi connectivity index (χ3v) is 2.98. The molecule has 0 bridgehead atoms. The Morgan fingerprint density at radius 1 is 0.900 bits per heavy atom. The summed E-state index contributed by atoms with van der Waals surface area (Å²) in [7, 11) is 0. The number of hydrogen-bond donors (Lipinski definition) is 2. The molecule has 5 nitrogen and oxygen atoms in total. The van der Waals surface area contributed by atoms with Crippen LogP contribution < -0.4 is 0 Å². The van der Waals surface area contributed by atoms with Crippen LogP contribution in [0.5, 0.6) is 0 Å². The summed E-state index contributed by atoms with van der Waals surface area (Å²) in [6.45, 7) is 6.82. The van der Waals surface area contributed by atoms with Gasteiger partial charge >= 0.3 is 0 Å². The Bertz CT molecular complexity index is 189. The molecule has 0 fully saturated rings. The van der Waals surface area contributed by atoms with Gasteiger partial charge in [-0.3, -0.25) is 0 Å². The molecule has 2 N–H and O–H groups in total. The molecule has 0 aliphatic carbocycles. The topological polar surface area (TPSA) is 68.2 Å². The van der Waals surface area contributed by atoms with Gasteiger partial charge in [0.15, 0.2) is 0 Å². The Morgan fingerprint density at radius 3 is 2.20 bits per heavy atom. The molecule has 2 unspecified atom stereocenters. The summed E-state index contributed by atoms with van der Waals surface area (Å²) in [6, 6.07) is 0. The van der Waals surface area contributed by atoms with E-state index >= 15 is 0 Å². The summed E-state index contributed by atoms with van der Waals surface area (Å²) in [4.78, 5) is 0. The van der Waals surface area contributed by atoms with Crippen molar-refractivity contribution in [1.82, 2.24) is 0 Å². The molecule has 122 valence electrons. The molecule has 0 aromatic heterocycles. The van der Waals surface area contributed by atoms with E-state index in [2.05, 4.69) is 13.8 Å². The van der Waals surface area contributed by atoms with E-state index in [9.17, 15) is 5.11 Å². The van der Waals surface area contributed by atoms with E-state index in [-0.39, 0.29) is 19.3 Å². The number of hydrogen-bond acceptors (Lipinski definition) is 5. The van der Waals surface area contributed by atoms with E-state index in [1.165, 1.54) is 0 Å². The van der Waals surface area contributed by atoms with Crippen molar-refractivity contribution in [2.45, 2.75) is 58.2 Å². The lowest BCUT2D eigenvalue weighted by molar-refractivity contribution is -0.0844. The molecule has 0 radical (unpaired) electrons. The Hall–Kier alpha value is -0.200. The van der Waals surface area contributed by atoms with Crippen LogP contribution in [0.4, 0.5) is 0 Å². The Kier molecular flexibility index (Phi) is 15.0. The maximum atomic E-state index is 9.98. The number of ether oxygens (including phenoxy) is 3. The zero-order valence-corrected chi connectivity index (χ0v) is 13.1. The van der Waals surface area contributed by atoms with Gasteiger partial charge in [0.2, 0.25) is 0 Å². The average Bonchev–Trinajstić information content (AvgIpc) is 2.45. The molecule has 0 heterocycles. The molecule has 0 saturated heterocycles. The van der Waals surface area contributed by atoms with Gasteiger partial charge in [-0.15, -0.1) is 0 Å². The van der Waals surface area contributed by atoms with Gasteiger partial charge in [-0.05, 0) is 19.3 Å². The van der Waals surface area contributed by atoms with Crippen molar-refractivity contribution in [2.24, 2.45) is 0 Å². The average molecular weight is 292 g/mol. The minimum atomic E-state index is -0.699. The molecule has 20 heavy (non-hydrogen) atoms. The molecular formula is C15H32O5. The van der Waals surface area contributed by atoms with Crippen LogP contribution in [0, 0.1) is 0 Å². The molecule has 5 heteroatoms. The zero-order valence-electron chi connectivity index (χ0n) is 13.1. The number of aliphatic hydroxyl groups excluding tert-OH is 2. The normalized spacial score (nSPS) is 14.4. The molecular weight excluding hydrogens is 260 g/mol. The summed E-state index contributed by atoms with van der Waals surface area (Å²) in [6.07, 6.45) is 3.57. The van der Waals surface area contributed by atoms with Crippen LogP contribution in [-0.4, -0.2) is 62.1 Å². The van der Waals surface area contributed by atoms with Crippen molar-refractivity contribution < 1.29 is 24.4 Å². The first-order valence-electron chi connectivity index (χ1n) is 7.82. The SMILES string of the molecule is CCCCOCCOCC(O)C(CCO)OCCCC. The molecule has 2 atom stereocenters. The quantitative estimate of drug-likeness (QED) is 0.450. The largest absolute Gasteiger partial charge is 0.396 e. The second-order valence-electron chi connectivity index (χ2n) is 4.88. The van der Waals surface area contributed by atoms with E-state index in [1.807, 2.05) is 0 Å². The van der Waals surface area contributed by atoms with Crippen LogP contribution in [0.15, 0.2) is 0 Å². The van der Waals surface area contributed by atoms with Crippen LogP contribution in [0.2, 0.25) is 0 Å². The van der Waals surface area contributed by atoms with Crippen molar-refractivity contribution in [3.8, 4) is 0 Å². The summed E-state index contributed by atoms with van der Waals surface area (Å²) in [5.41, 5.74) is 0. The van der Waals surface area contributed by atoms with Crippen LogP contribution >= 0.6 is 0 Å². The third kappa shape index (κ3) is 11.6. The summed E-state index contributed by atoms with van der Waals surface area (Å²) >= 11 is 0. The molecule has 0 aliphatic heterocycles. The van der Waals surface area contributed by atoms with Gasteiger partial charge < -0.3 is 24.4 Å². The van der Waals surface area contributed by atoms with Crippen LogP contribution in [0.25, 0.3) is 0 Å². The highest BCUT2D eigenvalue weighted by molar-refractivity contribution is 4.68. The van der Waals surface area contributed by atoms with E-state index in [0.29, 0.717) is 26.2 Å². The Morgan fingerprint density at radius 2 is 1.55 bits per heavy atom. The minimum absolute atomic E-state index is 0.00792. The number of rotatable bonds is 15. The van der Waals surface area contributed by atoms with Gasteiger partial charge in [-0.25, -0.2) is 0 Å². The van der Waals surface area contributed by atoms with Crippen LogP contribution in [0.3, 0.4) is 0 Å². The van der Waals surface area contributed by atoms with E-state index < -0.39 is 6.10 Å². The van der Waals surface area contributed by atoms with E-state index in [4.69, 9.17) is 19.3 Å². The first-order chi connectivity index (χ1) is 9.76. The lowest BCUT2D eigenvalue weighted by Gasteiger charge is -2.22. The molecule has 0 saturated carbocycles. The Balaban J connectivity index is 3.63. The standard InChI is InChI=1S/C15H32O5/c1-3-5-9-18-11-12-19-13-14(17)15(7-8-16)20-10-6-4-2/h14-17H,3-13H2,1-2H3. The second-order valence-corrected chi connectivity index (χ2v) is 4.88.